The van der Waals surface area contributed by atoms with Crippen LogP contribution in [0.3, 0.4) is 0 Å². The molecule has 0 fully saturated rings. The summed E-state index contributed by atoms with van der Waals surface area (Å²) in [5, 5.41) is -0.620. The number of alkyl halides is 3. The SMILES string of the molecule is C=C(C)C(=O)OC(Cl)(Cl)C(Cl)CCCCCCCC. The maximum atomic E-state index is 11.4. The van der Waals surface area contributed by atoms with Crippen LogP contribution in [0, 0.1) is 0 Å². The lowest BCUT2D eigenvalue weighted by Gasteiger charge is -2.25. The van der Waals surface area contributed by atoms with Crippen molar-refractivity contribution < 1.29 is 9.53 Å². The third kappa shape index (κ3) is 8.78. The van der Waals surface area contributed by atoms with Gasteiger partial charge >= 0.3 is 5.97 Å². The zero-order valence-corrected chi connectivity index (χ0v) is 14.0. The summed E-state index contributed by atoms with van der Waals surface area (Å²) in [7, 11) is 0. The highest BCUT2D eigenvalue weighted by molar-refractivity contribution is 6.51. The zero-order chi connectivity index (χ0) is 14.9. The van der Waals surface area contributed by atoms with Crippen molar-refractivity contribution in [1.29, 1.82) is 0 Å². The summed E-state index contributed by atoms with van der Waals surface area (Å²) in [6.07, 6.45) is 7.52. The van der Waals surface area contributed by atoms with E-state index in [0.717, 1.165) is 12.8 Å². The normalized spacial score (nSPS) is 13.1. The third-order valence-corrected chi connectivity index (χ3v) is 4.18. The number of unbranched alkanes of at least 4 members (excludes halogenated alkanes) is 5. The molecule has 0 N–H and O–H groups in total. The lowest BCUT2D eigenvalue weighted by atomic mass is 10.1. The molecule has 0 aromatic carbocycles. The second kappa shape index (κ2) is 9.90. The summed E-state index contributed by atoms with van der Waals surface area (Å²) in [4.78, 5) is 11.4. The van der Waals surface area contributed by atoms with Crippen molar-refractivity contribution in [2.45, 2.75) is 68.7 Å². The molecule has 0 saturated heterocycles. The van der Waals surface area contributed by atoms with E-state index in [9.17, 15) is 4.79 Å². The molecule has 1 unspecified atom stereocenters. The van der Waals surface area contributed by atoms with E-state index >= 15 is 0 Å². The van der Waals surface area contributed by atoms with Gasteiger partial charge < -0.3 is 4.74 Å². The van der Waals surface area contributed by atoms with Crippen molar-refractivity contribution in [3.63, 3.8) is 0 Å². The third-order valence-electron chi connectivity index (χ3n) is 2.75. The van der Waals surface area contributed by atoms with Gasteiger partial charge in [0.05, 0.1) is 0 Å². The molecule has 0 aromatic rings. The first kappa shape index (κ1) is 19.1. The van der Waals surface area contributed by atoms with Crippen LogP contribution < -0.4 is 0 Å². The number of esters is 1. The second-order valence-electron chi connectivity index (χ2n) is 4.76. The average Bonchev–Trinajstić information content (AvgIpc) is 2.32. The van der Waals surface area contributed by atoms with Crippen LogP contribution >= 0.6 is 34.8 Å². The van der Waals surface area contributed by atoms with Crippen molar-refractivity contribution in [3.8, 4) is 0 Å². The molecule has 0 amide bonds. The Kier molecular flexibility index (Phi) is 9.94. The van der Waals surface area contributed by atoms with E-state index in [-0.39, 0.29) is 5.57 Å². The largest absolute Gasteiger partial charge is 0.424 e. The van der Waals surface area contributed by atoms with Gasteiger partial charge in [-0.2, -0.15) is 0 Å². The van der Waals surface area contributed by atoms with Gasteiger partial charge in [-0.3, -0.25) is 0 Å². The summed E-state index contributed by atoms with van der Waals surface area (Å²) < 4.78 is 3.22. The molecule has 0 bridgehead atoms. The van der Waals surface area contributed by atoms with Crippen LogP contribution in [0.25, 0.3) is 0 Å². The van der Waals surface area contributed by atoms with E-state index in [1.165, 1.54) is 32.6 Å². The lowest BCUT2D eigenvalue weighted by Crippen LogP contribution is -2.32. The van der Waals surface area contributed by atoms with Crippen LogP contribution in [0.5, 0.6) is 0 Å². The quantitative estimate of drug-likeness (QED) is 0.226. The molecule has 0 rings (SSSR count). The number of hydrogen-bond donors (Lipinski definition) is 0. The Bertz CT molecular complexity index is 290. The predicted molar refractivity (Wildman–Crippen MR) is 83.0 cm³/mol. The Balaban J connectivity index is 3.93. The zero-order valence-electron chi connectivity index (χ0n) is 11.7. The number of halogens is 3. The van der Waals surface area contributed by atoms with Gasteiger partial charge in [-0.15, -0.1) is 11.6 Å². The molecule has 19 heavy (non-hydrogen) atoms. The van der Waals surface area contributed by atoms with Gasteiger partial charge in [-0.05, 0) is 13.3 Å². The molecular weight excluding hydrogens is 307 g/mol. The monoisotopic (exact) mass is 328 g/mol. The van der Waals surface area contributed by atoms with Crippen LogP contribution in [0.2, 0.25) is 0 Å². The van der Waals surface area contributed by atoms with Crippen molar-refractivity contribution in [2.75, 3.05) is 0 Å². The Morgan fingerprint density at radius 2 is 1.74 bits per heavy atom. The highest BCUT2D eigenvalue weighted by Gasteiger charge is 2.37. The molecule has 0 aliphatic carbocycles. The van der Waals surface area contributed by atoms with Crippen molar-refractivity contribution in [1.82, 2.24) is 0 Å². The molecule has 112 valence electrons. The van der Waals surface area contributed by atoms with Crippen molar-refractivity contribution in [3.05, 3.63) is 12.2 Å². The van der Waals surface area contributed by atoms with Gasteiger partial charge in [0.25, 0.3) is 4.52 Å². The van der Waals surface area contributed by atoms with E-state index in [1.54, 1.807) is 0 Å². The molecule has 0 aliphatic rings. The Morgan fingerprint density at radius 3 is 2.26 bits per heavy atom. The minimum atomic E-state index is -1.69. The molecule has 0 aliphatic heterocycles. The van der Waals surface area contributed by atoms with E-state index in [0.29, 0.717) is 6.42 Å². The van der Waals surface area contributed by atoms with Crippen LogP contribution in [0.15, 0.2) is 12.2 Å². The number of carbonyl (C=O) groups is 1. The number of hydrogen-bond acceptors (Lipinski definition) is 2. The van der Waals surface area contributed by atoms with Gasteiger partial charge in [-0.1, -0.05) is 75.2 Å². The first-order valence-electron chi connectivity index (χ1n) is 6.72. The molecule has 1 atom stereocenters. The van der Waals surface area contributed by atoms with Crippen molar-refractivity contribution in [2.24, 2.45) is 0 Å². The van der Waals surface area contributed by atoms with Gasteiger partial charge in [0.15, 0.2) is 0 Å². The number of carbonyl (C=O) groups excluding carboxylic acids is 1. The number of ether oxygens (including phenoxy) is 1. The van der Waals surface area contributed by atoms with Crippen LogP contribution in [0.1, 0.15) is 58.8 Å². The minimum Gasteiger partial charge on any atom is -0.424 e. The fraction of sp³-hybridized carbons (Fsp3) is 0.786. The minimum absolute atomic E-state index is 0.245. The summed E-state index contributed by atoms with van der Waals surface area (Å²) in [5.41, 5.74) is 0.245. The molecule has 0 aromatic heterocycles. The van der Waals surface area contributed by atoms with Gasteiger partial charge in [0.1, 0.15) is 5.38 Å². The second-order valence-corrected chi connectivity index (χ2v) is 6.60. The maximum absolute atomic E-state index is 11.4. The summed E-state index contributed by atoms with van der Waals surface area (Å²) in [6, 6.07) is 0. The molecule has 0 radical (unpaired) electrons. The summed E-state index contributed by atoms with van der Waals surface area (Å²) >= 11 is 18.0. The molecule has 0 heterocycles. The van der Waals surface area contributed by atoms with Crippen LogP contribution in [-0.2, 0) is 9.53 Å². The van der Waals surface area contributed by atoms with E-state index in [1.807, 2.05) is 0 Å². The molecule has 0 spiro atoms. The summed E-state index contributed by atoms with van der Waals surface area (Å²) in [5.74, 6) is -0.626. The first-order valence-corrected chi connectivity index (χ1v) is 7.91. The molecular formula is C14H23Cl3O2. The Labute approximate surface area is 131 Å². The molecule has 5 heteroatoms. The highest BCUT2D eigenvalue weighted by atomic mass is 35.5. The smallest absolute Gasteiger partial charge is 0.335 e. The maximum Gasteiger partial charge on any atom is 0.335 e. The van der Waals surface area contributed by atoms with Gasteiger partial charge in [0, 0.05) is 5.57 Å². The lowest BCUT2D eigenvalue weighted by molar-refractivity contribution is -0.142. The Morgan fingerprint density at radius 1 is 1.21 bits per heavy atom. The van der Waals surface area contributed by atoms with E-state index < -0.39 is 15.9 Å². The fourth-order valence-corrected chi connectivity index (χ4v) is 2.10. The fourth-order valence-electron chi connectivity index (χ4n) is 1.55. The van der Waals surface area contributed by atoms with Crippen LogP contribution in [-0.4, -0.2) is 15.9 Å². The van der Waals surface area contributed by atoms with E-state index in [2.05, 4.69) is 13.5 Å². The molecule has 2 nitrogen and oxygen atoms in total. The van der Waals surface area contributed by atoms with Crippen molar-refractivity contribution >= 4 is 40.8 Å². The van der Waals surface area contributed by atoms with E-state index in [4.69, 9.17) is 39.5 Å². The van der Waals surface area contributed by atoms with Gasteiger partial charge in [0.2, 0.25) is 0 Å². The topological polar surface area (TPSA) is 26.3 Å². The van der Waals surface area contributed by atoms with Crippen LogP contribution in [0.4, 0.5) is 0 Å². The van der Waals surface area contributed by atoms with Gasteiger partial charge in [-0.25, -0.2) is 4.79 Å². The first-order chi connectivity index (χ1) is 8.81. The summed E-state index contributed by atoms with van der Waals surface area (Å²) in [6.45, 7) is 7.18. The predicted octanol–water partition coefficient (Wildman–Crippen LogP) is 5.60. The average molecular weight is 330 g/mol. The standard InChI is InChI=1S/C14H23Cl3O2/c1-4-5-6-7-8-9-10-12(15)14(16,17)19-13(18)11(2)3/h12H,2,4-10H2,1,3H3. The number of rotatable bonds is 10. The highest BCUT2D eigenvalue weighted by Crippen LogP contribution is 2.34. The Hall–Kier alpha value is 0.0800. The molecule has 0 saturated carbocycles.